The van der Waals surface area contributed by atoms with Crippen molar-refractivity contribution < 1.29 is 19.4 Å². The molecule has 3 aromatic rings. The Morgan fingerprint density at radius 2 is 2.19 bits per heavy atom. The fourth-order valence-corrected chi connectivity index (χ4v) is 3.82. The number of aliphatic hydroxyl groups is 1. The molecular formula is C18H15ClFN3O4. The molecule has 1 aliphatic rings. The smallest absolute Gasteiger partial charge is 0.341 e. The summed E-state index contributed by atoms with van der Waals surface area (Å²) in [7, 11) is 1.59. The molecule has 2 aromatic heterocycles. The van der Waals surface area contributed by atoms with Gasteiger partial charge in [0.2, 0.25) is 5.43 Å². The first kappa shape index (κ1) is 17.7. The van der Waals surface area contributed by atoms with Crippen LogP contribution in [0.25, 0.3) is 21.8 Å². The Morgan fingerprint density at radius 3 is 2.81 bits per heavy atom. The Labute approximate surface area is 157 Å². The van der Waals surface area contributed by atoms with Crippen molar-refractivity contribution in [3.05, 3.63) is 45.1 Å². The summed E-state index contributed by atoms with van der Waals surface area (Å²) in [6.45, 7) is 0.781. The molecule has 140 valence electrons. The summed E-state index contributed by atoms with van der Waals surface area (Å²) in [5.74, 6) is -2.14. The molecule has 0 aliphatic carbocycles. The maximum absolute atomic E-state index is 14.9. The molecule has 0 saturated carbocycles. The maximum Gasteiger partial charge on any atom is 0.341 e. The third-order valence-electron chi connectivity index (χ3n) is 4.91. The van der Waals surface area contributed by atoms with Crippen molar-refractivity contribution in [1.82, 2.24) is 9.55 Å². The molecule has 9 heteroatoms. The summed E-state index contributed by atoms with van der Waals surface area (Å²) >= 11 is 6.19. The van der Waals surface area contributed by atoms with Crippen LogP contribution in [0.2, 0.25) is 5.02 Å². The highest BCUT2D eigenvalue weighted by Gasteiger charge is 2.26. The van der Waals surface area contributed by atoms with Crippen LogP contribution in [0.5, 0.6) is 0 Å². The number of hydrogen-bond donors (Lipinski definition) is 2. The van der Waals surface area contributed by atoms with Crippen molar-refractivity contribution in [3.8, 4) is 0 Å². The van der Waals surface area contributed by atoms with E-state index in [0.29, 0.717) is 30.7 Å². The van der Waals surface area contributed by atoms with Gasteiger partial charge in [0, 0.05) is 31.7 Å². The second-order valence-electron chi connectivity index (χ2n) is 6.61. The molecule has 1 aromatic carbocycles. The lowest BCUT2D eigenvalue weighted by atomic mass is 10.1. The van der Waals surface area contributed by atoms with E-state index >= 15 is 0 Å². The lowest BCUT2D eigenvalue weighted by Crippen LogP contribution is -2.22. The topological polar surface area (TPSA) is 95.7 Å². The van der Waals surface area contributed by atoms with Gasteiger partial charge < -0.3 is 19.7 Å². The molecule has 4 rings (SSSR count). The van der Waals surface area contributed by atoms with E-state index in [2.05, 4.69) is 4.98 Å². The number of fused-ring (bicyclic) bond motifs is 3. The number of β-amino-alcohol motifs (C(OH)–C–C–N with tert-alkyl or cyclic N) is 1. The standard InChI is InChI=1S/C18H15ClFN3O4/c1-22-7-10(18(26)27)17(25)13-9-4-11(23-3-2-8(24)6-23)14(19)15(20)16(9)21-5-12(13)22/h4-5,7-8,24H,2-3,6H2,1H3,(H,26,27). The Balaban J connectivity index is 2.13. The first-order valence-electron chi connectivity index (χ1n) is 8.26. The summed E-state index contributed by atoms with van der Waals surface area (Å²) < 4.78 is 16.4. The number of benzene rings is 1. The third-order valence-corrected chi connectivity index (χ3v) is 5.27. The van der Waals surface area contributed by atoms with Gasteiger partial charge in [-0.15, -0.1) is 0 Å². The second-order valence-corrected chi connectivity index (χ2v) is 6.99. The van der Waals surface area contributed by atoms with Crippen molar-refractivity contribution >= 4 is 45.1 Å². The number of nitrogens with zero attached hydrogens (tertiary/aromatic N) is 3. The average molecular weight is 392 g/mol. The lowest BCUT2D eigenvalue weighted by molar-refractivity contribution is 0.0695. The molecular weight excluding hydrogens is 377 g/mol. The van der Waals surface area contributed by atoms with Crippen molar-refractivity contribution in [2.75, 3.05) is 18.0 Å². The molecule has 27 heavy (non-hydrogen) atoms. The molecule has 1 fully saturated rings. The molecule has 1 aliphatic heterocycles. The first-order chi connectivity index (χ1) is 12.8. The monoisotopic (exact) mass is 391 g/mol. The normalized spacial score (nSPS) is 17.2. The molecule has 7 nitrogen and oxygen atoms in total. The van der Waals surface area contributed by atoms with Crippen molar-refractivity contribution in [2.45, 2.75) is 12.5 Å². The quantitative estimate of drug-likeness (QED) is 0.650. The van der Waals surface area contributed by atoms with Gasteiger partial charge >= 0.3 is 5.97 Å². The van der Waals surface area contributed by atoms with Gasteiger partial charge in [-0.1, -0.05) is 11.6 Å². The van der Waals surface area contributed by atoms with Crippen molar-refractivity contribution in [1.29, 1.82) is 0 Å². The number of rotatable bonds is 2. The Bertz CT molecular complexity index is 1180. The molecule has 2 N–H and O–H groups in total. The minimum absolute atomic E-state index is 0.0685. The van der Waals surface area contributed by atoms with Gasteiger partial charge in [0.15, 0.2) is 5.82 Å². The molecule has 1 unspecified atom stereocenters. The van der Waals surface area contributed by atoms with Crippen LogP contribution in [0.15, 0.2) is 23.3 Å². The fourth-order valence-electron chi connectivity index (χ4n) is 3.55. The second kappa shape index (κ2) is 6.17. The lowest BCUT2D eigenvalue weighted by Gasteiger charge is -2.21. The summed E-state index contributed by atoms with van der Waals surface area (Å²) in [6, 6.07) is 1.54. The Hall–Kier alpha value is -2.71. The van der Waals surface area contributed by atoms with E-state index in [1.807, 2.05) is 0 Å². The Kier molecular flexibility index (Phi) is 4.05. The predicted molar refractivity (Wildman–Crippen MR) is 99.3 cm³/mol. The molecule has 0 spiro atoms. The number of hydrogen-bond acceptors (Lipinski definition) is 5. The highest BCUT2D eigenvalue weighted by molar-refractivity contribution is 6.34. The zero-order valence-electron chi connectivity index (χ0n) is 14.2. The molecule has 0 amide bonds. The third kappa shape index (κ3) is 2.64. The average Bonchev–Trinajstić information content (AvgIpc) is 3.06. The van der Waals surface area contributed by atoms with Crippen molar-refractivity contribution in [2.24, 2.45) is 7.05 Å². The van der Waals surface area contributed by atoms with Crippen LogP contribution in [-0.4, -0.2) is 44.9 Å². The molecule has 0 bridgehead atoms. The first-order valence-corrected chi connectivity index (χ1v) is 8.63. The van der Waals surface area contributed by atoms with Crippen LogP contribution < -0.4 is 10.3 Å². The maximum atomic E-state index is 14.9. The number of pyridine rings is 2. The van der Waals surface area contributed by atoms with E-state index in [1.54, 1.807) is 18.0 Å². The van der Waals surface area contributed by atoms with Crippen LogP contribution in [0.3, 0.4) is 0 Å². The SMILES string of the molecule is Cn1cc(C(=O)O)c(=O)c2c3cc(N4CCC(O)C4)c(Cl)c(F)c3ncc21. The number of aliphatic hydroxyl groups excluding tert-OH is 1. The van der Waals surface area contributed by atoms with Gasteiger partial charge in [-0.3, -0.25) is 9.78 Å². The van der Waals surface area contributed by atoms with Crippen LogP contribution >= 0.6 is 11.6 Å². The highest BCUT2D eigenvalue weighted by Crippen LogP contribution is 2.37. The number of aromatic carboxylic acids is 1. The largest absolute Gasteiger partial charge is 0.477 e. The number of carbonyl (C=O) groups is 1. The van der Waals surface area contributed by atoms with Gasteiger partial charge in [-0.25, -0.2) is 9.18 Å². The number of aryl methyl sites for hydroxylation is 1. The van der Waals surface area contributed by atoms with Crippen LogP contribution in [-0.2, 0) is 7.05 Å². The van der Waals surface area contributed by atoms with Gasteiger partial charge in [-0.2, -0.15) is 0 Å². The number of carboxylic acids is 1. The van der Waals surface area contributed by atoms with Crippen LogP contribution in [0, 0.1) is 5.82 Å². The number of carboxylic acid groups (broad SMARTS) is 1. The molecule has 1 atom stereocenters. The molecule has 3 heterocycles. The summed E-state index contributed by atoms with van der Waals surface area (Å²) in [6.07, 6.45) is 2.51. The number of aromatic nitrogens is 2. The predicted octanol–water partition coefficient (Wildman–Crippen LogP) is 2.15. The van der Waals surface area contributed by atoms with E-state index in [4.69, 9.17) is 11.6 Å². The minimum atomic E-state index is -1.36. The van der Waals surface area contributed by atoms with Gasteiger partial charge in [0.1, 0.15) is 16.1 Å². The van der Waals surface area contributed by atoms with E-state index in [9.17, 15) is 24.2 Å². The zero-order valence-corrected chi connectivity index (χ0v) is 15.0. The van der Waals surface area contributed by atoms with E-state index in [0.717, 1.165) is 0 Å². The fraction of sp³-hybridized carbons (Fsp3) is 0.278. The van der Waals surface area contributed by atoms with Gasteiger partial charge in [-0.05, 0) is 12.5 Å². The zero-order chi connectivity index (χ0) is 19.5. The summed E-state index contributed by atoms with van der Waals surface area (Å²) in [5.41, 5.74) is -0.499. The van der Waals surface area contributed by atoms with E-state index in [1.165, 1.54) is 17.0 Å². The van der Waals surface area contributed by atoms with Crippen LogP contribution in [0.4, 0.5) is 10.1 Å². The van der Waals surface area contributed by atoms with Crippen LogP contribution in [0.1, 0.15) is 16.8 Å². The Morgan fingerprint density at radius 1 is 1.44 bits per heavy atom. The molecule has 1 saturated heterocycles. The number of halogens is 2. The minimum Gasteiger partial charge on any atom is -0.477 e. The molecule has 0 radical (unpaired) electrons. The highest BCUT2D eigenvalue weighted by atomic mass is 35.5. The van der Waals surface area contributed by atoms with Crippen molar-refractivity contribution in [3.63, 3.8) is 0 Å². The summed E-state index contributed by atoms with van der Waals surface area (Å²) in [4.78, 5) is 30.0. The van der Waals surface area contributed by atoms with Gasteiger partial charge in [0.25, 0.3) is 0 Å². The van der Waals surface area contributed by atoms with Gasteiger partial charge in [0.05, 0.1) is 28.9 Å². The van der Waals surface area contributed by atoms with E-state index in [-0.39, 0.29) is 21.3 Å². The van der Waals surface area contributed by atoms with E-state index < -0.39 is 28.9 Å². The number of anilines is 1. The summed E-state index contributed by atoms with van der Waals surface area (Å²) in [5, 5.41) is 19.2.